The smallest absolute Gasteiger partial charge is 0.140 e. The van der Waals surface area contributed by atoms with Gasteiger partial charge in [0, 0.05) is 36.2 Å². The highest BCUT2D eigenvalue weighted by Crippen LogP contribution is 2.16. The molecule has 0 fully saturated rings. The lowest BCUT2D eigenvalue weighted by atomic mass is 10.1. The molecule has 0 N–H and O–H groups in total. The third-order valence-corrected chi connectivity index (χ3v) is 7.43. The summed E-state index contributed by atoms with van der Waals surface area (Å²) in [5.74, 6) is 0.966. The molecule has 0 spiro atoms. The summed E-state index contributed by atoms with van der Waals surface area (Å²) in [6.45, 7) is 18.5. The topological polar surface area (TPSA) is 92.1 Å². The van der Waals surface area contributed by atoms with Gasteiger partial charge in [-0.05, 0) is 95.7 Å². The zero-order chi connectivity index (χ0) is 32.5. The van der Waals surface area contributed by atoms with Crippen LogP contribution in [-0.2, 0) is 19.3 Å². The van der Waals surface area contributed by atoms with Crippen molar-refractivity contribution in [1.82, 2.24) is 43.6 Å². The molecule has 0 atom stereocenters. The fourth-order valence-electron chi connectivity index (χ4n) is 4.88. The molecule has 0 unspecified atom stereocenters. The van der Waals surface area contributed by atoms with E-state index in [2.05, 4.69) is 88.8 Å². The van der Waals surface area contributed by atoms with Gasteiger partial charge in [0.25, 0.3) is 0 Å². The third kappa shape index (κ3) is 10.6. The molecule has 6 aromatic heterocycles. The summed E-state index contributed by atoms with van der Waals surface area (Å²) >= 11 is 0. The summed E-state index contributed by atoms with van der Waals surface area (Å²) in [5.41, 5.74) is 12.3. The third-order valence-electron chi connectivity index (χ3n) is 7.43. The van der Waals surface area contributed by atoms with Crippen LogP contribution in [0.2, 0.25) is 0 Å². The molecule has 0 aromatic carbocycles. The lowest BCUT2D eigenvalue weighted by molar-refractivity contribution is 0.956. The minimum atomic E-state index is 0. The monoisotopic (exact) mass is 651 g/mol. The van der Waals surface area contributed by atoms with Crippen LogP contribution in [0, 0.1) is 41.5 Å². The van der Waals surface area contributed by atoms with E-state index in [9.17, 15) is 0 Å². The number of imidazole rings is 3. The van der Waals surface area contributed by atoms with E-state index in [0.29, 0.717) is 0 Å². The van der Waals surface area contributed by atoms with Crippen molar-refractivity contribution in [3.8, 4) is 17.2 Å². The molecule has 0 aliphatic carbocycles. The van der Waals surface area contributed by atoms with Crippen LogP contribution < -0.4 is 0 Å². The molecule has 9 nitrogen and oxygen atoms in total. The second-order valence-electron chi connectivity index (χ2n) is 11.2. The first-order valence-corrected chi connectivity index (χ1v) is 15.5. The van der Waals surface area contributed by atoms with E-state index >= 15 is 0 Å². The Morgan fingerprint density at radius 1 is 0.521 bits per heavy atom. The largest absolute Gasteiger partial charge is 0.304 e. The first kappa shape index (κ1) is 41.1. The minimum Gasteiger partial charge on any atom is -0.304 e. The van der Waals surface area contributed by atoms with Crippen LogP contribution in [0.15, 0.2) is 74.2 Å². The number of nitrogens with zero attached hydrogens (tertiary/aromatic N) is 9. The molecule has 0 bridgehead atoms. The van der Waals surface area contributed by atoms with E-state index in [1.165, 1.54) is 16.7 Å². The summed E-state index contributed by atoms with van der Waals surface area (Å²) in [5, 5.41) is 0. The quantitative estimate of drug-likeness (QED) is 0.178. The Labute approximate surface area is 289 Å². The Balaban J connectivity index is 0.000000349. The van der Waals surface area contributed by atoms with Crippen LogP contribution in [0.1, 0.15) is 93.9 Å². The highest BCUT2D eigenvalue weighted by atomic mass is 15.1. The van der Waals surface area contributed by atoms with E-state index < -0.39 is 0 Å². The Hall–Kier alpha value is -4.92. The van der Waals surface area contributed by atoms with Crippen LogP contribution in [0.3, 0.4) is 0 Å². The van der Waals surface area contributed by atoms with E-state index in [1.54, 1.807) is 6.33 Å². The average Bonchev–Trinajstić information content (AvgIpc) is 3.78. The van der Waals surface area contributed by atoms with Gasteiger partial charge in [-0.1, -0.05) is 49.1 Å². The first-order chi connectivity index (χ1) is 21.6. The number of hydrogen-bond acceptors (Lipinski definition) is 6. The first-order valence-electron chi connectivity index (χ1n) is 15.5. The van der Waals surface area contributed by atoms with Gasteiger partial charge in [-0.3, -0.25) is 14.5 Å². The van der Waals surface area contributed by atoms with Gasteiger partial charge in [-0.2, -0.15) is 0 Å². The summed E-state index contributed by atoms with van der Waals surface area (Å²) in [6, 6.07) is 8.47. The van der Waals surface area contributed by atoms with Crippen molar-refractivity contribution in [2.45, 2.75) is 104 Å². The van der Waals surface area contributed by atoms with Crippen molar-refractivity contribution in [2.75, 3.05) is 0 Å². The lowest BCUT2D eigenvalue weighted by Crippen LogP contribution is -1.99. The molecule has 6 rings (SSSR count). The van der Waals surface area contributed by atoms with Gasteiger partial charge in [0.2, 0.25) is 0 Å². The minimum absolute atomic E-state index is 0. The second-order valence-corrected chi connectivity index (χ2v) is 11.2. The van der Waals surface area contributed by atoms with Crippen LogP contribution in [0.5, 0.6) is 0 Å². The summed E-state index contributed by atoms with van der Waals surface area (Å²) in [6.07, 6.45) is 18.3. The van der Waals surface area contributed by atoms with E-state index in [4.69, 9.17) is 0 Å². The summed E-state index contributed by atoms with van der Waals surface area (Å²) in [4.78, 5) is 26.0. The van der Waals surface area contributed by atoms with Crippen LogP contribution in [-0.4, -0.2) is 43.6 Å². The van der Waals surface area contributed by atoms with E-state index in [1.807, 2.05) is 85.0 Å². The Bertz CT molecular complexity index is 1630. The van der Waals surface area contributed by atoms with Crippen molar-refractivity contribution >= 4 is 0 Å². The van der Waals surface area contributed by atoms with Gasteiger partial charge in [0.15, 0.2) is 0 Å². The van der Waals surface area contributed by atoms with Gasteiger partial charge < -0.3 is 9.13 Å². The SMILES string of the molecule is C.C.C.CCc1cc(C)c(-n2cnc(C)c2)cn1.CCc1ccc(-n2cnc(C)c2)c(C)n1.CCc1cnc(-n2cnc(C)c2)c(C)c1. The second kappa shape index (κ2) is 19.0. The zero-order valence-electron chi connectivity index (χ0n) is 28.1. The molecule has 9 heteroatoms. The van der Waals surface area contributed by atoms with E-state index in [0.717, 1.165) is 70.6 Å². The maximum absolute atomic E-state index is 4.53. The molecule has 258 valence electrons. The maximum Gasteiger partial charge on any atom is 0.140 e. The van der Waals surface area contributed by atoms with Crippen LogP contribution >= 0.6 is 0 Å². The number of pyridine rings is 3. The molecule has 6 aromatic rings. The molecule has 0 aliphatic heterocycles. The molecular formula is C39H57N9. The van der Waals surface area contributed by atoms with Crippen molar-refractivity contribution in [3.05, 3.63) is 125 Å². The maximum atomic E-state index is 4.53. The van der Waals surface area contributed by atoms with E-state index in [-0.39, 0.29) is 22.3 Å². The van der Waals surface area contributed by atoms with Crippen molar-refractivity contribution in [1.29, 1.82) is 0 Å². The number of aryl methyl sites for hydroxylation is 9. The summed E-state index contributed by atoms with van der Waals surface area (Å²) in [7, 11) is 0. The van der Waals surface area contributed by atoms with Crippen LogP contribution in [0.4, 0.5) is 0 Å². The molecule has 0 radical (unpaired) electrons. The molecule has 0 saturated heterocycles. The fraction of sp³-hybridized carbons (Fsp3) is 0.385. The molecule has 48 heavy (non-hydrogen) atoms. The molecule has 0 amide bonds. The standard InChI is InChI=1S/3C12H15N3.3CH4/c1-4-11-5-9(2)12(6-13-11)15-7-10(3)14-8-15;1-4-11-5-9(2)12(13-6-11)15-7-10(3)14-8-15;1-4-11-5-6-12(10(3)14-11)15-7-9(2)13-8-15;;;/h3*5-8H,4H2,1-3H3;3*1H4. The molecular weight excluding hydrogens is 594 g/mol. The Morgan fingerprint density at radius 2 is 1.06 bits per heavy atom. The van der Waals surface area contributed by atoms with Gasteiger partial charge >= 0.3 is 0 Å². The number of hydrogen-bond donors (Lipinski definition) is 0. The number of aromatic nitrogens is 9. The Morgan fingerprint density at radius 3 is 1.50 bits per heavy atom. The Kier molecular flexibility index (Phi) is 16.3. The van der Waals surface area contributed by atoms with Crippen molar-refractivity contribution < 1.29 is 0 Å². The highest BCUT2D eigenvalue weighted by Gasteiger charge is 2.06. The lowest BCUT2D eigenvalue weighted by Gasteiger charge is -2.07. The highest BCUT2D eigenvalue weighted by molar-refractivity contribution is 5.40. The summed E-state index contributed by atoms with van der Waals surface area (Å²) < 4.78 is 5.98. The molecule has 0 aliphatic rings. The predicted octanol–water partition coefficient (Wildman–Crippen LogP) is 9.25. The van der Waals surface area contributed by atoms with Crippen molar-refractivity contribution in [2.24, 2.45) is 0 Å². The van der Waals surface area contributed by atoms with Gasteiger partial charge in [0.1, 0.15) is 12.1 Å². The zero-order valence-corrected chi connectivity index (χ0v) is 28.1. The number of rotatable bonds is 6. The van der Waals surface area contributed by atoms with Gasteiger partial charge in [-0.15, -0.1) is 0 Å². The predicted molar refractivity (Wildman–Crippen MR) is 201 cm³/mol. The molecule has 6 heterocycles. The average molecular weight is 652 g/mol. The normalized spacial score (nSPS) is 9.94. The van der Waals surface area contributed by atoms with Gasteiger partial charge in [-0.25, -0.2) is 19.9 Å². The van der Waals surface area contributed by atoms with Crippen molar-refractivity contribution in [3.63, 3.8) is 0 Å². The van der Waals surface area contributed by atoms with Crippen LogP contribution in [0.25, 0.3) is 17.2 Å². The molecule has 0 saturated carbocycles. The fourth-order valence-corrected chi connectivity index (χ4v) is 4.88. The van der Waals surface area contributed by atoms with Gasteiger partial charge in [0.05, 0.1) is 53.0 Å².